The van der Waals surface area contributed by atoms with Crippen molar-refractivity contribution in [3.05, 3.63) is 28.5 Å². The first-order valence-corrected chi connectivity index (χ1v) is 6.42. The summed E-state index contributed by atoms with van der Waals surface area (Å²) in [4.78, 5) is 6.64. The van der Waals surface area contributed by atoms with Crippen LogP contribution >= 0.6 is 28.3 Å². The highest BCUT2D eigenvalue weighted by molar-refractivity contribution is 9.10. The fourth-order valence-electron chi connectivity index (χ4n) is 2.23. The highest BCUT2D eigenvalue weighted by Gasteiger charge is 2.32. The Kier molecular flexibility index (Phi) is 5.38. The first-order chi connectivity index (χ1) is 7.61. The van der Waals surface area contributed by atoms with Gasteiger partial charge in [0, 0.05) is 30.0 Å². The molecule has 0 amide bonds. The molecule has 1 aromatic rings. The van der Waals surface area contributed by atoms with Crippen LogP contribution in [0, 0.1) is 5.41 Å². The van der Waals surface area contributed by atoms with Gasteiger partial charge in [0.25, 0.3) is 0 Å². The maximum atomic E-state index is 5.80. The molecule has 1 aromatic heterocycles. The molecule has 0 spiro atoms. The lowest BCUT2D eigenvalue weighted by Crippen LogP contribution is -2.31. The van der Waals surface area contributed by atoms with Gasteiger partial charge in [-0.05, 0) is 52.5 Å². The Hall–Kier alpha value is -0.160. The second-order valence-electron chi connectivity index (χ2n) is 4.99. The summed E-state index contributed by atoms with van der Waals surface area (Å²) in [5, 5.41) is 0. The molecular formula is C12H19BrClN3. The third-order valence-electron chi connectivity index (χ3n) is 3.30. The Bertz CT molecular complexity index is 375. The minimum atomic E-state index is 0. The van der Waals surface area contributed by atoms with Gasteiger partial charge in [0.05, 0.1) is 0 Å². The fourth-order valence-corrected chi connectivity index (χ4v) is 2.64. The zero-order valence-electron chi connectivity index (χ0n) is 10.0. The van der Waals surface area contributed by atoms with Crippen LogP contribution in [0.25, 0.3) is 0 Å². The van der Waals surface area contributed by atoms with E-state index in [2.05, 4.69) is 38.8 Å². The summed E-state index contributed by atoms with van der Waals surface area (Å²) in [6, 6.07) is 2.13. The summed E-state index contributed by atoms with van der Waals surface area (Å²) in [6.07, 6.45) is 4.95. The standard InChI is InChI=1S/C12H18BrN3.ClH/c1-12(8-14)2-3-16(9-12)7-10-4-11(13)6-15-5-10;/h4-6H,2-3,7-9,14H2,1H3;1H. The van der Waals surface area contributed by atoms with Gasteiger partial charge >= 0.3 is 0 Å². The zero-order chi connectivity index (χ0) is 11.6. The predicted octanol–water partition coefficient (Wildman–Crippen LogP) is 2.44. The molecule has 3 nitrogen and oxygen atoms in total. The van der Waals surface area contributed by atoms with Gasteiger partial charge in [-0.25, -0.2) is 0 Å². The van der Waals surface area contributed by atoms with Crippen molar-refractivity contribution < 1.29 is 0 Å². The SMILES string of the molecule is CC1(CN)CCN(Cc2cncc(Br)c2)C1.Cl. The lowest BCUT2D eigenvalue weighted by atomic mass is 9.90. The van der Waals surface area contributed by atoms with Crippen LogP contribution in [-0.2, 0) is 6.54 Å². The zero-order valence-corrected chi connectivity index (χ0v) is 12.4. The first-order valence-electron chi connectivity index (χ1n) is 5.63. The van der Waals surface area contributed by atoms with Crippen molar-refractivity contribution in [1.82, 2.24) is 9.88 Å². The Morgan fingerprint density at radius 3 is 2.88 bits per heavy atom. The van der Waals surface area contributed by atoms with E-state index in [0.717, 1.165) is 30.7 Å². The Labute approximate surface area is 117 Å². The molecule has 1 unspecified atom stereocenters. The molecule has 0 aromatic carbocycles. The van der Waals surface area contributed by atoms with Gasteiger partial charge in [0.2, 0.25) is 0 Å². The van der Waals surface area contributed by atoms with E-state index in [1.807, 2.05) is 12.4 Å². The van der Waals surface area contributed by atoms with Gasteiger partial charge in [-0.1, -0.05) is 6.92 Å². The van der Waals surface area contributed by atoms with Crippen molar-refractivity contribution in [3.63, 3.8) is 0 Å². The second kappa shape index (κ2) is 6.14. The molecule has 1 aliphatic rings. The summed E-state index contributed by atoms with van der Waals surface area (Å²) in [5.41, 5.74) is 7.37. The van der Waals surface area contributed by atoms with Crippen molar-refractivity contribution >= 4 is 28.3 Å². The third kappa shape index (κ3) is 3.91. The normalized spacial score (nSPS) is 24.6. The summed E-state index contributed by atoms with van der Waals surface area (Å²) >= 11 is 3.45. The number of rotatable bonds is 3. The smallest absolute Gasteiger partial charge is 0.0410 e. The molecular weight excluding hydrogens is 302 g/mol. The Morgan fingerprint density at radius 1 is 1.53 bits per heavy atom. The van der Waals surface area contributed by atoms with E-state index in [4.69, 9.17) is 5.73 Å². The van der Waals surface area contributed by atoms with Gasteiger partial charge in [-0.15, -0.1) is 12.4 Å². The molecule has 1 fully saturated rings. The van der Waals surface area contributed by atoms with Gasteiger partial charge in [0.1, 0.15) is 0 Å². The summed E-state index contributed by atoms with van der Waals surface area (Å²) in [7, 11) is 0. The Balaban J connectivity index is 0.00000144. The molecule has 1 atom stereocenters. The number of nitrogens with two attached hydrogens (primary N) is 1. The third-order valence-corrected chi connectivity index (χ3v) is 3.73. The number of halogens is 2. The van der Waals surface area contributed by atoms with E-state index >= 15 is 0 Å². The molecule has 0 radical (unpaired) electrons. The summed E-state index contributed by atoms with van der Waals surface area (Å²) < 4.78 is 1.05. The molecule has 2 N–H and O–H groups in total. The number of hydrogen-bond acceptors (Lipinski definition) is 3. The number of likely N-dealkylation sites (tertiary alicyclic amines) is 1. The number of hydrogen-bond donors (Lipinski definition) is 1. The van der Waals surface area contributed by atoms with E-state index in [1.54, 1.807) is 0 Å². The molecule has 1 aliphatic heterocycles. The van der Waals surface area contributed by atoms with Crippen LogP contribution in [0.1, 0.15) is 18.9 Å². The van der Waals surface area contributed by atoms with Crippen LogP contribution in [0.5, 0.6) is 0 Å². The van der Waals surface area contributed by atoms with Crippen molar-refractivity contribution in [2.75, 3.05) is 19.6 Å². The molecule has 1 saturated heterocycles. The van der Waals surface area contributed by atoms with Crippen LogP contribution in [0.4, 0.5) is 0 Å². The van der Waals surface area contributed by atoms with Crippen molar-refractivity contribution in [2.24, 2.45) is 11.1 Å². The second-order valence-corrected chi connectivity index (χ2v) is 5.90. The largest absolute Gasteiger partial charge is 0.330 e. The molecule has 0 saturated carbocycles. The van der Waals surface area contributed by atoms with Crippen LogP contribution in [-0.4, -0.2) is 29.5 Å². The Morgan fingerprint density at radius 2 is 2.29 bits per heavy atom. The van der Waals surface area contributed by atoms with Crippen LogP contribution in [0.15, 0.2) is 22.9 Å². The van der Waals surface area contributed by atoms with Crippen molar-refractivity contribution in [1.29, 1.82) is 0 Å². The maximum absolute atomic E-state index is 5.80. The average Bonchev–Trinajstić information content (AvgIpc) is 2.61. The summed E-state index contributed by atoms with van der Waals surface area (Å²) in [6.45, 7) is 6.25. The van der Waals surface area contributed by atoms with Crippen molar-refractivity contribution in [2.45, 2.75) is 19.9 Å². The van der Waals surface area contributed by atoms with Gasteiger partial charge < -0.3 is 5.73 Å². The summed E-state index contributed by atoms with van der Waals surface area (Å²) in [5.74, 6) is 0. The van der Waals surface area contributed by atoms with E-state index < -0.39 is 0 Å². The van der Waals surface area contributed by atoms with Gasteiger partial charge in [-0.3, -0.25) is 9.88 Å². The van der Waals surface area contributed by atoms with Gasteiger partial charge in [-0.2, -0.15) is 0 Å². The molecule has 0 bridgehead atoms. The highest BCUT2D eigenvalue weighted by Crippen LogP contribution is 2.29. The molecule has 5 heteroatoms. The monoisotopic (exact) mass is 319 g/mol. The van der Waals surface area contributed by atoms with Gasteiger partial charge in [0.15, 0.2) is 0 Å². The predicted molar refractivity (Wildman–Crippen MR) is 76.2 cm³/mol. The van der Waals surface area contributed by atoms with Crippen LogP contribution < -0.4 is 5.73 Å². The van der Waals surface area contributed by atoms with Crippen LogP contribution in [0.3, 0.4) is 0 Å². The number of nitrogens with zero attached hydrogens (tertiary/aromatic N) is 2. The quantitative estimate of drug-likeness (QED) is 0.930. The lowest BCUT2D eigenvalue weighted by molar-refractivity contribution is 0.274. The van der Waals surface area contributed by atoms with Crippen LogP contribution in [0.2, 0.25) is 0 Å². The topological polar surface area (TPSA) is 42.1 Å². The van der Waals surface area contributed by atoms with E-state index in [1.165, 1.54) is 12.0 Å². The maximum Gasteiger partial charge on any atom is 0.0410 e. The van der Waals surface area contributed by atoms with E-state index in [-0.39, 0.29) is 12.4 Å². The highest BCUT2D eigenvalue weighted by atomic mass is 79.9. The lowest BCUT2D eigenvalue weighted by Gasteiger charge is -2.22. The van der Waals surface area contributed by atoms with Crippen molar-refractivity contribution in [3.8, 4) is 0 Å². The first kappa shape index (κ1) is 14.9. The van der Waals surface area contributed by atoms with E-state index in [0.29, 0.717) is 5.41 Å². The molecule has 2 heterocycles. The molecule has 96 valence electrons. The minimum absolute atomic E-state index is 0. The molecule has 0 aliphatic carbocycles. The number of aromatic nitrogens is 1. The molecule has 2 rings (SSSR count). The minimum Gasteiger partial charge on any atom is -0.330 e. The van der Waals surface area contributed by atoms with E-state index in [9.17, 15) is 0 Å². The average molecular weight is 321 g/mol. The molecule has 17 heavy (non-hydrogen) atoms. The number of pyridine rings is 1. The fraction of sp³-hybridized carbons (Fsp3) is 0.583.